The van der Waals surface area contributed by atoms with Gasteiger partial charge in [0.05, 0.1) is 39.3 Å². The van der Waals surface area contributed by atoms with E-state index in [0.29, 0.717) is 28.4 Å². The highest BCUT2D eigenvalue weighted by molar-refractivity contribution is 6.39. The van der Waals surface area contributed by atoms with E-state index in [0.717, 1.165) is 77.0 Å². The maximum Gasteiger partial charge on any atom is 0.156 e. The third kappa shape index (κ3) is 5.67. The summed E-state index contributed by atoms with van der Waals surface area (Å²) in [6, 6.07) is 18.8. The average molecular weight is 655 g/mol. The zero-order chi connectivity index (χ0) is 31.2. The number of fused-ring (bicyclic) bond motifs is 2. The van der Waals surface area contributed by atoms with E-state index in [9.17, 15) is 5.11 Å². The minimum absolute atomic E-state index is 0.241. The number of halogens is 2. The molecule has 2 fully saturated rings. The third-order valence-electron chi connectivity index (χ3n) is 9.71. The predicted molar refractivity (Wildman–Crippen MR) is 185 cm³/mol. The van der Waals surface area contributed by atoms with E-state index in [1.807, 2.05) is 48.7 Å². The standard InChI is InChI=1S/C36H37Cl2N7O/c37-33-26(6-3-8-28(33)30-19-32-31(44-14-1-2-15-44)10-5-16-45(32)42-30)27-7-4-9-29(34(27)38)41-36-35-24(11-13-39-36)18-23(20-40-35)21-43-17-12-25(46)22-43/h3-4,6-9,11,13,18-20,25,31,46H,1-2,5,10,12,14-17,21-22H2,(H,39,41)/t25-,31?/m1/s1. The molecular weight excluding hydrogens is 617 g/mol. The molecule has 236 valence electrons. The van der Waals surface area contributed by atoms with Crippen LogP contribution in [0, 0.1) is 0 Å². The number of aliphatic hydroxyl groups excluding tert-OH is 1. The summed E-state index contributed by atoms with van der Waals surface area (Å²) >= 11 is 14.3. The topological polar surface area (TPSA) is 82.3 Å². The predicted octanol–water partition coefficient (Wildman–Crippen LogP) is 7.71. The van der Waals surface area contributed by atoms with Crippen molar-refractivity contribution in [3.05, 3.63) is 88.3 Å². The van der Waals surface area contributed by atoms with Crippen LogP contribution in [0.1, 0.15) is 49.4 Å². The van der Waals surface area contributed by atoms with Crippen LogP contribution in [0.2, 0.25) is 10.0 Å². The van der Waals surface area contributed by atoms with Crippen LogP contribution in [0.15, 0.2) is 67.0 Å². The lowest BCUT2D eigenvalue weighted by molar-refractivity contribution is 0.175. The molecule has 8 rings (SSSR count). The molecule has 0 bridgehead atoms. The molecule has 6 heterocycles. The fraction of sp³-hybridized carbons (Fsp3) is 0.361. The molecule has 3 aliphatic heterocycles. The monoisotopic (exact) mass is 653 g/mol. The van der Waals surface area contributed by atoms with Gasteiger partial charge in [0.25, 0.3) is 0 Å². The largest absolute Gasteiger partial charge is 0.392 e. The number of nitrogens with zero attached hydrogens (tertiary/aromatic N) is 6. The summed E-state index contributed by atoms with van der Waals surface area (Å²) in [5, 5.41) is 20.6. The highest BCUT2D eigenvalue weighted by Gasteiger charge is 2.30. The first-order chi connectivity index (χ1) is 22.5. The molecule has 2 aromatic carbocycles. The number of hydrogen-bond acceptors (Lipinski definition) is 7. The Morgan fingerprint density at radius 3 is 2.48 bits per heavy atom. The van der Waals surface area contributed by atoms with Gasteiger partial charge in [-0.3, -0.25) is 19.5 Å². The quantitative estimate of drug-likeness (QED) is 0.186. The van der Waals surface area contributed by atoms with E-state index in [1.165, 1.54) is 38.0 Å². The number of nitrogens with one attached hydrogen (secondary N) is 1. The van der Waals surface area contributed by atoms with Crippen molar-refractivity contribution in [3.63, 3.8) is 0 Å². The minimum Gasteiger partial charge on any atom is -0.392 e. The first kappa shape index (κ1) is 29.8. The molecular formula is C36H37Cl2N7O. The van der Waals surface area contributed by atoms with E-state index < -0.39 is 0 Å². The SMILES string of the molecule is O[C@@H]1CCN(Cc2cnc3c(Nc4cccc(-c5cccc(-c6cc7n(n6)CCCC7N6CCCC6)c5Cl)c4Cl)nccc3c2)C1. The smallest absolute Gasteiger partial charge is 0.156 e. The summed E-state index contributed by atoms with van der Waals surface area (Å²) in [5.41, 5.74) is 7.41. The highest BCUT2D eigenvalue weighted by Crippen LogP contribution is 2.43. The lowest BCUT2D eigenvalue weighted by Gasteiger charge is -2.31. The molecule has 46 heavy (non-hydrogen) atoms. The number of benzene rings is 2. The van der Waals surface area contributed by atoms with Gasteiger partial charge in [0.15, 0.2) is 5.82 Å². The normalized spacial score (nSPS) is 20.4. The molecule has 0 aliphatic carbocycles. The molecule has 3 aromatic heterocycles. The van der Waals surface area contributed by atoms with Crippen molar-refractivity contribution >= 4 is 45.6 Å². The van der Waals surface area contributed by atoms with Crippen LogP contribution in [0.4, 0.5) is 11.5 Å². The van der Waals surface area contributed by atoms with Crippen molar-refractivity contribution in [3.8, 4) is 22.4 Å². The Balaban J connectivity index is 1.08. The molecule has 3 aliphatic rings. The molecule has 0 amide bonds. The van der Waals surface area contributed by atoms with Crippen LogP contribution in [-0.4, -0.2) is 66.9 Å². The van der Waals surface area contributed by atoms with Gasteiger partial charge in [0, 0.05) is 60.6 Å². The van der Waals surface area contributed by atoms with Crippen LogP contribution in [0.3, 0.4) is 0 Å². The Labute approximate surface area is 279 Å². The van der Waals surface area contributed by atoms with Gasteiger partial charge in [-0.25, -0.2) is 4.98 Å². The summed E-state index contributed by atoms with van der Waals surface area (Å²) in [4.78, 5) is 14.3. The van der Waals surface area contributed by atoms with E-state index in [2.05, 4.69) is 36.9 Å². The average Bonchev–Trinajstić information content (AvgIpc) is 3.84. The lowest BCUT2D eigenvalue weighted by Crippen LogP contribution is -2.30. The van der Waals surface area contributed by atoms with E-state index in [4.69, 9.17) is 33.3 Å². The van der Waals surface area contributed by atoms with Gasteiger partial charge in [0.1, 0.15) is 5.52 Å². The van der Waals surface area contributed by atoms with Crippen LogP contribution in [-0.2, 0) is 13.1 Å². The molecule has 0 saturated carbocycles. The lowest BCUT2D eigenvalue weighted by atomic mass is 9.99. The Morgan fingerprint density at radius 2 is 1.65 bits per heavy atom. The van der Waals surface area contributed by atoms with E-state index in [-0.39, 0.29) is 6.10 Å². The van der Waals surface area contributed by atoms with Gasteiger partial charge >= 0.3 is 0 Å². The number of anilines is 2. The Hall–Kier alpha value is -3.53. The molecule has 8 nitrogen and oxygen atoms in total. The van der Waals surface area contributed by atoms with Crippen LogP contribution < -0.4 is 5.32 Å². The van der Waals surface area contributed by atoms with Gasteiger partial charge in [-0.05, 0) is 75.0 Å². The second kappa shape index (κ2) is 12.6. The summed E-state index contributed by atoms with van der Waals surface area (Å²) in [7, 11) is 0. The summed E-state index contributed by atoms with van der Waals surface area (Å²) in [5.74, 6) is 0.635. The van der Waals surface area contributed by atoms with Crippen molar-refractivity contribution in [2.75, 3.05) is 31.5 Å². The summed E-state index contributed by atoms with van der Waals surface area (Å²) < 4.78 is 2.19. The Kier molecular flexibility index (Phi) is 8.16. The molecule has 10 heteroatoms. The second-order valence-corrected chi connectivity index (χ2v) is 13.5. The van der Waals surface area contributed by atoms with Crippen molar-refractivity contribution in [1.82, 2.24) is 29.5 Å². The van der Waals surface area contributed by atoms with E-state index >= 15 is 0 Å². The fourth-order valence-electron chi connectivity index (χ4n) is 7.41. The van der Waals surface area contributed by atoms with Crippen LogP contribution in [0.25, 0.3) is 33.3 Å². The van der Waals surface area contributed by atoms with Gasteiger partial charge in [0.2, 0.25) is 0 Å². The maximum absolute atomic E-state index is 9.90. The number of aryl methyl sites for hydroxylation is 1. The van der Waals surface area contributed by atoms with Crippen molar-refractivity contribution in [2.45, 2.75) is 57.3 Å². The van der Waals surface area contributed by atoms with Crippen LogP contribution >= 0.6 is 23.2 Å². The molecule has 2 saturated heterocycles. The fourth-order valence-corrected chi connectivity index (χ4v) is 8.01. The second-order valence-electron chi connectivity index (χ2n) is 12.8. The third-order valence-corrected chi connectivity index (χ3v) is 10.5. The van der Waals surface area contributed by atoms with Gasteiger partial charge in [-0.15, -0.1) is 0 Å². The number of aromatic nitrogens is 4. The van der Waals surface area contributed by atoms with Gasteiger partial charge < -0.3 is 10.4 Å². The molecule has 0 radical (unpaired) electrons. The number of rotatable bonds is 7. The first-order valence-electron chi connectivity index (χ1n) is 16.3. The maximum atomic E-state index is 9.90. The Morgan fingerprint density at radius 1 is 0.848 bits per heavy atom. The minimum atomic E-state index is -0.241. The summed E-state index contributed by atoms with van der Waals surface area (Å²) in [6.45, 7) is 5.64. The van der Waals surface area contributed by atoms with Gasteiger partial charge in [-0.1, -0.05) is 53.5 Å². The first-order valence-corrected chi connectivity index (χ1v) is 17.1. The van der Waals surface area contributed by atoms with Gasteiger partial charge in [-0.2, -0.15) is 5.10 Å². The van der Waals surface area contributed by atoms with Crippen molar-refractivity contribution in [1.29, 1.82) is 0 Å². The number of pyridine rings is 2. The molecule has 1 unspecified atom stereocenters. The van der Waals surface area contributed by atoms with Crippen molar-refractivity contribution < 1.29 is 5.11 Å². The Bertz CT molecular complexity index is 1900. The highest BCUT2D eigenvalue weighted by atomic mass is 35.5. The zero-order valence-corrected chi connectivity index (χ0v) is 27.2. The van der Waals surface area contributed by atoms with Crippen molar-refractivity contribution in [2.24, 2.45) is 0 Å². The van der Waals surface area contributed by atoms with Crippen LogP contribution in [0.5, 0.6) is 0 Å². The number of β-amino-alcohol motifs (C(OH)–C–C–N with tert-alkyl or cyclic N) is 1. The number of aliphatic hydroxyl groups is 1. The molecule has 2 atom stereocenters. The molecule has 5 aromatic rings. The molecule has 0 spiro atoms. The molecule has 2 N–H and O–H groups in total. The van der Waals surface area contributed by atoms with E-state index in [1.54, 1.807) is 6.20 Å². The number of likely N-dealkylation sites (tertiary alicyclic amines) is 2. The summed E-state index contributed by atoms with van der Waals surface area (Å²) in [6.07, 6.45) is 9.13. The number of hydrogen-bond donors (Lipinski definition) is 2. The zero-order valence-electron chi connectivity index (χ0n) is 25.7.